The molecule has 0 spiro atoms. The topological polar surface area (TPSA) is 23.8 Å². The summed E-state index contributed by atoms with van der Waals surface area (Å²) in [6.07, 6.45) is 2.00. The lowest BCUT2D eigenvalue weighted by Crippen LogP contribution is -1.93. The molecule has 1 rings (SSSR count). The van der Waals surface area contributed by atoms with Gasteiger partial charge in [0.2, 0.25) is 0 Å². The van der Waals surface area contributed by atoms with Gasteiger partial charge in [0.15, 0.2) is 0 Å². The zero-order valence-electron chi connectivity index (χ0n) is 7.89. The lowest BCUT2D eigenvalue weighted by atomic mass is 10.00. The molecule has 0 radical (unpaired) electrons. The molecule has 0 aromatic heterocycles. The molecule has 0 amide bonds. The van der Waals surface area contributed by atoms with Gasteiger partial charge in [0, 0.05) is 5.02 Å². The maximum absolute atomic E-state index is 8.81. The maximum atomic E-state index is 8.81. The lowest BCUT2D eigenvalue weighted by molar-refractivity contribution is 0.912. The normalized spacial score (nSPS) is 9.69. The van der Waals surface area contributed by atoms with E-state index in [1.54, 1.807) is 12.1 Å². The van der Waals surface area contributed by atoms with Gasteiger partial charge in [-0.3, -0.25) is 0 Å². The number of halogens is 1. The summed E-state index contributed by atoms with van der Waals surface area (Å²) in [6.45, 7) is 4.06. The Labute approximate surface area is 84.0 Å². The Balaban J connectivity index is 3.23. The van der Waals surface area contributed by atoms with Crippen molar-refractivity contribution in [3.8, 4) is 6.07 Å². The van der Waals surface area contributed by atoms with Crippen LogP contribution in [-0.2, 0) is 6.42 Å². The van der Waals surface area contributed by atoms with Gasteiger partial charge in [-0.15, -0.1) is 0 Å². The Morgan fingerprint density at radius 3 is 2.69 bits per heavy atom. The van der Waals surface area contributed by atoms with E-state index in [1.807, 2.05) is 6.92 Å². The van der Waals surface area contributed by atoms with Crippen molar-refractivity contribution >= 4 is 11.6 Å². The quantitative estimate of drug-likeness (QED) is 0.706. The summed E-state index contributed by atoms with van der Waals surface area (Å²) < 4.78 is 0. The minimum atomic E-state index is 0.729. The van der Waals surface area contributed by atoms with E-state index in [2.05, 4.69) is 13.0 Å². The van der Waals surface area contributed by atoms with Gasteiger partial charge in [-0.1, -0.05) is 24.9 Å². The van der Waals surface area contributed by atoms with Crippen LogP contribution < -0.4 is 0 Å². The summed E-state index contributed by atoms with van der Waals surface area (Å²) in [5.74, 6) is 0. The third-order valence-electron chi connectivity index (χ3n) is 2.16. The number of nitrogens with zero attached hydrogens (tertiary/aromatic N) is 1. The van der Waals surface area contributed by atoms with Crippen molar-refractivity contribution in [3.63, 3.8) is 0 Å². The molecule has 0 saturated carbocycles. The molecule has 0 N–H and O–H groups in total. The fraction of sp³-hybridized carbons (Fsp3) is 0.364. The second-order valence-electron chi connectivity index (χ2n) is 3.06. The maximum Gasteiger partial charge on any atom is 0.0994 e. The van der Waals surface area contributed by atoms with E-state index < -0.39 is 0 Å². The van der Waals surface area contributed by atoms with Crippen LogP contribution in [0, 0.1) is 18.3 Å². The van der Waals surface area contributed by atoms with Gasteiger partial charge >= 0.3 is 0 Å². The van der Waals surface area contributed by atoms with Crippen molar-refractivity contribution in [2.45, 2.75) is 26.7 Å². The van der Waals surface area contributed by atoms with Crippen LogP contribution in [0.25, 0.3) is 0 Å². The Hall–Kier alpha value is -1.00. The fourth-order valence-electron chi connectivity index (χ4n) is 1.40. The second kappa shape index (κ2) is 4.30. The van der Waals surface area contributed by atoms with Crippen molar-refractivity contribution in [3.05, 3.63) is 33.8 Å². The molecule has 0 unspecified atom stereocenters. The number of hydrogen-bond donors (Lipinski definition) is 0. The first-order chi connectivity index (χ1) is 6.20. The van der Waals surface area contributed by atoms with E-state index in [9.17, 15) is 0 Å². The second-order valence-corrected chi connectivity index (χ2v) is 3.47. The molecule has 0 fully saturated rings. The third kappa shape index (κ3) is 2.02. The van der Waals surface area contributed by atoms with Crippen LogP contribution in [0.1, 0.15) is 30.0 Å². The van der Waals surface area contributed by atoms with E-state index in [0.29, 0.717) is 0 Å². The van der Waals surface area contributed by atoms with Crippen LogP contribution in [0.2, 0.25) is 5.02 Å². The molecule has 1 nitrogen and oxygen atoms in total. The average Bonchev–Trinajstić information content (AvgIpc) is 2.12. The Kier molecular flexibility index (Phi) is 3.33. The van der Waals surface area contributed by atoms with Crippen LogP contribution in [-0.4, -0.2) is 0 Å². The molecule has 0 heterocycles. The summed E-state index contributed by atoms with van der Waals surface area (Å²) in [6, 6.07) is 5.74. The third-order valence-corrected chi connectivity index (χ3v) is 2.52. The van der Waals surface area contributed by atoms with Crippen molar-refractivity contribution in [2.24, 2.45) is 0 Å². The van der Waals surface area contributed by atoms with Crippen LogP contribution in [0.3, 0.4) is 0 Å². The van der Waals surface area contributed by atoms with Gasteiger partial charge < -0.3 is 0 Å². The molecule has 0 bridgehead atoms. The number of hydrogen-bond acceptors (Lipinski definition) is 1. The predicted molar refractivity (Wildman–Crippen MR) is 54.9 cm³/mol. The van der Waals surface area contributed by atoms with Crippen molar-refractivity contribution in [1.29, 1.82) is 5.26 Å². The highest BCUT2D eigenvalue weighted by molar-refractivity contribution is 6.31. The number of nitriles is 1. The van der Waals surface area contributed by atoms with Gasteiger partial charge in [-0.25, -0.2) is 0 Å². The van der Waals surface area contributed by atoms with Gasteiger partial charge in [0.25, 0.3) is 0 Å². The van der Waals surface area contributed by atoms with Crippen molar-refractivity contribution in [2.75, 3.05) is 0 Å². The Bertz CT molecular complexity index is 350. The van der Waals surface area contributed by atoms with E-state index in [4.69, 9.17) is 16.9 Å². The summed E-state index contributed by atoms with van der Waals surface area (Å²) >= 11 is 6.03. The van der Waals surface area contributed by atoms with Gasteiger partial charge in [-0.2, -0.15) is 5.26 Å². The number of benzene rings is 1. The smallest absolute Gasteiger partial charge is 0.0994 e. The zero-order chi connectivity index (χ0) is 9.84. The van der Waals surface area contributed by atoms with E-state index >= 15 is 0 Å². The lowest BCUT2D eigenvalue weighted by Gasteiger charge is -2.07. The van der Waals surface area contributed by atoms with Crippen molar-refractivity contribution < 1.29 is 0 Å². The Morgan fingerprint density at radius 2 is 2.15 bits per heavy atom. The fourth-order valence-corrected chi connectivity index (χ4v) is 1.70. The molecule has 0 saturated heterocycles. The number of rotatable bonds is 2. The summed E-state index contributed by atoms with van der Waals surface area (Å²) in [5.41, 5.74) is 2.87. The molecule has 1 aromatic carbocycles. The molecule has 0 aliphatic carbocycles. The average molecular weight is 194 g/mol. The molecule has 0 aliphatic heterocycles. The highest BCUT2D eigenvalue weighted by Gasteiger charge is 2.06. The molecular formula is C11H12ClN. The predicted octanol–water partition coefficient (Wildman–Crippen LogP) is 3.47. The highest BCUT2D eigenvalue weighted by atomic mass is 35.5. The van der Waals surface area contributed by atoms with Gasteiger partial charge in [-0.05, 0) is 36.6 Å². The van der Waals surface area contributed by atoms with Gasteiger partial charge in [0.1, 0.15) is 0 Å². The molecule has 0 atom stereocenters. The highest BCUT2D eigenvalue weighted by Crippen LogP contribution is 2.23. The van der Waals surface area contributed by atoms with Crippen LogP contribution in [0.4, 0.5) is 0 Å². The standard InChI is InChI=1S/C11H12ClN/c1-3-4-10-8(2)9(7-13)5-6-11(10)12/h5-6H,3-4H2,1-2H3. The van der Waals surface area contributed by atoms with Crippen molar-refractivity contribution in [1.82, 2.24) is 0 Å². The van der Waals surface area contributed by atoms with Crippen LogP contribution >= 0.6 is 11.6 Å². The molecule has 1 aromatic rings. The van der Waals surface area contributed by atoms with Crippen LogP contribution in [0.15, 0.2) is 12.1 Å². The molecule has 68 valence electrons. The largest absolute Gasteiger partial charge is 0.192 e. The first-order valence-electron chi connectivity index (χ1n) is 4.38. The first kappa shape index (κ1) is 10.1. The SMILES string of the molecule is CCCc1c(Cl)ccc(C#N)c1C. The van der Waals surface area contributed by atoms with Gasteiger partial charge in [0.05, 0.1) is 11.6 Å². The molecule has 13 heavy (non-hydrogen) atoms. The minimum Gasteiger partial charge on any atom is -0.192 e. The molecule has 2 heteroatoms. The summed E-state index contributed by atoms with van der Waals surface area (Å²) in [4.78, 5) is 0. The van der Waals surface area contributed by atoms with E-state index in [-0.39, 0.29) is 0 Å². The zero-order valence-corrected chi connectivity index (χ0v) is 8.65. The molecular weight excluding hydrogens is 182 g/mol. The first-order valence-corrected chi connectivity index (χ1v) is 4.76. The monoisotopic (exact) mass is 193 g/mol. The minimum absolute atomic E-state index is 0.729. The van der Waals surface area contributed by atoms with Crippen LogP contribution in [0.5, 0.6) is 0 Å². The van der Waals surface area contributed by atoms with E-state index in [1.165, 1.54) is 0 Å². The van der Waals surface area contributed by atoms with E-state index in [0.717, 1.165) is 34.6 Å². The Morgan fingerprint density at radius 1 is 1.46 bits per heavy atom. The molecule has 0 aliphatic rings. The summed E-state index contributed by atoms with van der Waals surface area (Å²) in [5, 5.41) is 9.59. The summed E-state index contributed by atoms with van der Waals surface area (Å²) in [7, 11) is 0.